The highest BCUT2D eigenvalue weighted by Gasteiger charge is 2.26. The van der Waals surface area contributed by atoms with E-state index in [4.69, 9.17) is 0 Å². The Hall–Kier alpha value is -3.65. The zero-order valence-electron chi connectivity index (χ0n) is 17.6. The Morgan fingerprint density at radius 3 is 2.41 bits per heavy atom. The van der Waals surface area contributed by atoms with Crippen LogP contribution in [0.15, 0.2) is 83.8 Å². The van der Waals surface area contributed by atoms with Gasteiger partial charge in [-0.15, -0.1) is 0 Å². The van der Waals surface area contributed by atoms with Crippen LogP contribution in [0.25, 0.3) is 0 Å². The number of hydrogen-bond acceptors (Lipinski definition) is 4. The molecule has 8 heteroatoms. The molecule has 3 aromatic rings. The van der Waals surface area contributed by atoms with Crippen molar-refractivity contribution in [3.8, 4) is 0 Å². The first kappa shape index (κ1) is 21.6. The average molecular weight is 450 g/mol. The maximum absolute atomic E-state index is 13.1. The molecule has 1 saturated heterocycles. The topological polar surface area (TPSA) is 86.8 Å². The predicted molar refractivity (Wildman–Crippen MR) is 124 cm³/mol. The third kappa shape index (κ3) is 4.22. The molecule has 1 aliphatic heterocycles. The van der Waals surface area contributed by atoms with E-state index in [2.05, 4.69) is 5.32 Å². The summed E-state index contributed by atoms with van der Waals surface area (Å²) in [5.41, 5.74) is 1.80. The van der Waals surface area contributed by atoms with Crippen LogP contribution in [0.5, 0.6) is 0 Å². The van der Waals surface area contributed by atoms with Crippen molar-refractivity contribution >= 4 is 38.9 Å². The van der Waals surface area contributed by atoms with E-state index in [1.54, 1.807) is 65.6 Å². The molecule has 4 rings (SSSR count). The highest BCUT2D eigenvalue weighted by molar-refractivity contribution is 7.92. The summed E-state index contributed by atoms with van der Waals surface area (Å²) in [6, 6.07) is 21.8. The number of nitrogens with zero attached hydrogens (tertiary/aromatic N) is 2. The summed E-state index contributed by atoms with van der Waals surface area (Å²) in [6.45, 7) is 0.572. The number of sulfonamides is 1. The van der Waals surface area contributed by atoms with Crippen LogP contribution >= 0.6 is 0 Å². The number of rotatable bonds is 6. The number of benzene rings is 3. The number of amides is 2. The highest BCUT2D eigenvalue weighted by atomic mass is 32.2. The Morgan fingerprint density at radius 2 is 1.69 bits per heavy atom. The molecular formula is C24H23N3O4S. The van der Waals surface area contributed by atoms with Gasteiger partial charge in [0.15, 0.2) is 0 Å². The molecule has 0 aliphatic carbocycles. The Labute approximate surface area is 187 Å². The fourth-order valence-corrected chi connectivity index (χ4v) is 4.91. The highest BCUT2D eigenvalue weighted by Crippen LogP contribution is 2.27. The van der Waals surface area contributed by atoms with E-state index < -0.39 is 15.9 Å². The Kier molecular flexibility index (Phi) is 5.96. The minimum Gasteiger partial charge on any atom is -0.322 e. The Morgan fingerprint density at radius 1 is 0.969 bits per heavy atom. The number of carbonyl (C=O) groups excluding carboxylic acids is 2. The van der Waals surface area contributed by atoms with Gasteiger partial charge in [-0.25, -0.2) is 8.42 Å². The fourth-order valence-electron chi connectivity index (χ4n) is 3.67. The first-order chi connectivity index (χ1) is 15.4. The summed E-state index contributed by atoms with van der Waals surface area (Å²) in [6.07, 6.45) is 1.22. The second-order valence-corrected chi connectivity index (χ2v) is 9.43. The molecule has 0 radical (unpaired) electrons. The molecule has 1 fully saturated rings. The summed E-state index contributed by atoms with van der Waals surface area (Å²) in [5.74, 6) is -0.423. The lowest BCUT2D eigenvalue weighted by Crippen LogP contribution is -2.27. The van der Waals surface area contributed by atoms with Crippen molar-refractivity contribution in [2.24, 2.45) is 0 Å². The number of carbonyl (C=O) groups is 2. The maximum atomic E-state index is 13.1. The van der Waals surface area contributed by atoms with Crippen molar-refractivity contribution in [3.05, 3.63) is 84.4 Å². The van der Waals surface area contributed by atoms with E-state index in [0.29, 0.717) is 35.6 Å². The van der Waals surface area contributed by atoms with Gasteiger partial charge in [-0.3, -0.25) is 13.9 Å². The first-order valence-electron chi connectivity index (χ1n) is 10.2. The predicted octanol–water partition coefficient (Wildman–Crippen LogP) is 3.89. The fraction of sp³-hybridized carbons (Fsp3) is 0.167. The van der Waals surface area contributed by atoms with E-state index in [1.165, 1.54) is 23.5 Å². The van der Waals surface area contributed by atoms with Crippen LogP contribution < -0.4 is 14.5 Å². The van der Waals surface area contributed by atoms with Crippen LogP contribution in [0.2, 0.25) is 0 Å². The number of para-hydroxylation sites is 2. The molecule has 0 saturated carbocycles. The molecule has 1 heterocycles. The summed E-state index contributed by atoms with van der Waals surface area (Å²) >= 11 is 0. The van der Waals surface area contributed by atoms with E-state index in [-0.39, 0.29) is 10.8 Å². The SMILES string of the molecule is CN(c1ccccc1)S(=O)(=O)c1cccc(NC(=O)c2ccccc2N2CCCC2=O)c1. The van der Waals surface area contributed by atoms with Gasteiger partial charge in [-0.1, -0.05) is 36.4 Å². The minimum absolute atomic E-state index is 0.0118. The van der Waals surface area contributed by atoms with Crippen molar-refractivity contribution in [2.75, 3.05) is 28.1 Å². The van der Waals surface area contributed by atoms with Crippen LogP contribution in [-0.4, -0.2) is 33.8 Å². The molecule has 7 nitrogen and oxygen atoms in total. The van der Waals surface area contributed by atoms with Crippen LogP contribution in [-0.2, 0) is 14.8 Å². The zero-order chi connectivity index (χ0) is 22.7. The van der Waals surface area contributed by atoms with Crippen LogP contribution in [0.4, 0.5) is 17.1 Å². The Balaban J connectivity index is 1.59. The molecule has 32 heavy (non-hydrogen) atoms. The maximum Gasteiger partial charge on any atom is 0.264 e. The molecule has 1 aliphatic rings. The molecule has 0 unspecified atom stereocenters. The van der Waals surface area contributed by atoms with Gasteiger partial charge >= 0.3 is 0 Å². The van der Waals surface area contributed by atoms with Gasteiger partial charge in [0.2, 0.25) is 5.91 Å². The molecule has 2 amide bonds. The molecule has 0 spiro atoms. The normalized spacial score (nSPS) is 13.8. The number of anilines is 3. The zero-order valence-corrected chi connectivity index (χ0v) is 18.4. The quantitative estimate of drug-likeness (QED) is 0.619. The molecule has 0 aromatic heterocycles. The molecule has 0 bridgehead atoms. The summed E-state index contributed by atoms with van der Waals surface area (Å²) in [5, 5.41) is 2.77. The van der Waals surface area contributed by atoms with E-state index in [9.17, 15) is 18.0 Å². The molecule has 0 atom stereocenters. The lowest BCUT2D eigenvalue weighted by atomic mass is 10.1. The third-order valence-electron chi connectivity index (χ3n) is 5.38. The first-order valence-corrected chi connectivity index (χ1v) is 11.7. The van der Waals surface area contributed by atoms with Crippen molar-refractivity contribution in [3.63, 3.8) is 0 Å². The van der Waals surface area contributed by atoms with Crippen molar-refractivity contribution < 1.29 is 18.0 Å². The lowest BCUT2D eigenvalue weighted by molar-refractivity contribution is -0.117. The summed E-state index contributed by atoms with van der Waals surface area (Å²) < 4.78 is 27.3. The lowest BCUT2D eigenvalue weighted by Gasteiger charge is -2.20. The largest absolute Gasteiger partial charge is 0.322 e. The van der Waals surface area contributed by atoms with Crippen molar-refractivity contribution in [1.82, 2.24) is 0 Å². The summed E-state index contributed by atoms with van der Waals surface area (Å²) in [4.78, 5) is 26.8. The van der Waals surface area contributed by atoms with E-state index in [0.717, 1.165) is 6.42 Å². The van der Waals surface area contributed by atoms with Gasteiger partial charge < -0.3 is 10.2 Å². The number of hydrogen-bond donors (Lipinski definition) is 1. The van der Waals surface area contributed by atoms with Crippen LogP contribution in [0.1, 0.15) is 23.2 Å². The van der Waals surface area contributed by atoms with Gasteiger partial charge in [0, 0.05) is 25.7 Å². The summed E-state index contributed by atoms with van der Waals surface area (Å²) in [7, 11) is -2.33. The van der Waals surface area contributed by atoms with Gasteiger partial charge in [0.25, 0.3) is 15.9 Å². The molecule has 3 aromatic carbocycles. The van der Waals surface area contributed by atoms with Crippen LogP contribution in [0.3, 0.4) is 0 Å². The third-order valence-corrected chi connectivity index (χ3v) is 7.16. The standard InChI is InChI=1S/C24H23N3O4S/c1-26(19-10-3-2-4-11-19)32(30,31)20-12-7-9-18(17-20)25-24(29)21-13-5-6-14-22(21)27-16-8-15-23(27)28/h2-7,9-14,17H,8,15-16H2,1H3,(H,25,29). The van der Waals surface area contributed by atoms with E-state index in [1.807, 2.05) is 6.07 Å². The van der Waals surface area contributed by atoms with Crippen molar-refractivity contribution in [2.45, 2.75) is 17.7 Å². The van der Waals surface area contributed by atoms with Gasteiger partial charge in [0.05, 0.1) is 21.8 Å². The molecule has 1 N–H and O–H groups in total. The second-order valence-electron chi connectivity index (χ2n) is 7.46. The number of nitrogens with one attached hydrogen (secondary N) is 1. The molecular weight excluding hydrogens is 426 g/mol. The van der Waals surface area contributed by atoms with Crippen molar-refractivity contribution in [1.29, 1.82) is 0 Å². The second kappa shape index (κ2) is 8.84. The molecule has 164 valence electrons. The smallest absolute Gasteiger partial charge is 0.264 e. The monoisotopic (exact) mass is 449 g/mol. The van der Waals surface area contributed by atoms with Gasteiger partial charge in [-0.2, -0.15) is 0 Å². The minimum atomic E-state index is -3.81. The average Bonchev–Trinajstić information content (AvgIpc) is 3.25. The van der Waals surface area contributed by atoms with Gasteiger partial charge in [-0.05, 0) is 48.9 Å². The van der Waals surface area contributed by atoms with Gasteiger partial charge in [0.1, 0.15) is 0 Å². The van der Waals surface area contributed by atoms with E-state index >= 15 is 0 Å². The Bertz CT molecular complexity index is 1260. The van der Waals surface area contributed by atoms with Crippen LogP contribution in [0, 0.1) is 0 Å².